The highest BCUT2D eigenvalue weighted by Crippen LogP contribution is 2.30. The van der Waals surface area contributed by atoms with E-state index in [2.05, 4.69) is 15.7 Å². The topological polar surface area (TPSA) is 76.0 Å². The summed E-state index contributed by atoms with van der Waals surface area (Å²) in [6.07, 6.45) is 0.0301. The molecule has 0 unspecified atom stereocenters. The van der Waals surface area contributed by atoms with E-state index in [0.29, 0.717) is 22.2 Å². The summed E-state index contributed by atoms with van der Waals surface area (Å²) in [6, 6.07) is 17.5. The number of amides is 2. The average molecular weight is 367 g/mol. The van der Waals surface area contributed by atoms with E-state index in [4.69, 9.17) is 11.6 Å². The Morgan fingerprint density at radius 3 is 2.62 bits per heavy atom. The number of aromatic nitrogens is 2. The zero-order chi connectivity index (χ0) is 18.1. The van der Waals surface area contributed by atoms with Crippen molar-refractivity contribution in [3.8, 4) is 11.3 Å². The lowest BCUT2D eigenvalue weighted by Crippen LogP contribution is -2.35. The number of benzene rings is 2. The molecule has 0 bridgehead atoms. The standard InChI is InChI=1S/C19H15ClN4O2/c20-13-6-8-14(9-7-13)21-19(26)16-11-18(25)22-17-10-15(23-24(16)17)12-4-2-1-3-5-12/h1-10,16H,11H2,(H,21,26)(H,22,25)/t16-/m1/s1. The van der Waals surface area contributed by atoms with Crippen molar-refractivity contribution in [2.45, 2.75) is 12.5 Å². The molecule has 1 atom stereocenters. The summed E-state index contributed by atoms with van der Waals surface area (Å²) in [4.78, 5) is 24.8. The zero-order valence-corrected chi connectivity index (χ0v) is 14.4. The monoisotopic (exact) mass is 366 g/mol. The Kier molecular flexibility index (Phi) is 4.18. The number of hydrogen-bond acceptors (Lipinski definition) is 3. The van der Waals surface area contributed by atoms with Gasteiger partial charge in [0.25, 0.3) is 0 Å². The second-order valence-corrected chi connectivity index (χ2v) is 6.43. The number of nitrogens with one attached hydrogen (secondary N) is 2. The van der Waals surface area contributed by atoms with Crippen LogP contribution in [0.15, 0.2) is 60.7 Å². The van der Waals surface area contributed by atoms with Crippen LogP contribution < -0.4 is 10.6 Å². The lowest BCUT2D eigenvalue weighted by atomic mass is 10.1. The molecule has 1 aliphatic rings. The summed E-state index contributed by atoms with van der Waals surface area (Å²) >= 11 is 5.86. The van der Waals surface area contributed by atoms with Gasteiger partial charge in [-0.25, -0.2) is 4.68 Å². The van der Waals surface area contributed by atoms with Gasteiger partial charge >= 0.3 is 0 Å². The van der Waals surface area contributed by atoms with E-state index in [1.165, 1.54) is 0 Å². The first-order valence-corrected chi connectivity index (χ1v) is 8.49. The van der Waals surface area contributed by atoms with Gasteiger partial charge in [0.1, 0.15) is 11.9 Å². The number of nitrogens with zero attached hydrogens (tertiary/aromatic N) is 2. The smallest absolute Gasteiger partial charge is 0.249 e. The van der Waals surface area contributed by atoms with E-state index >= 15 is 0 Å². The first kappa shape index (κ1) is 16.4. The van der Waals surface area contributed by atoms with Crippen molar-refractivity contribution < 1.29 is 9.59 Å². The van der Waals surface area contributed by atoms with Crippen LogP contribution in [-0.2, 0) is 9.59 Å². The van der Waals surface area contributed by atoms with Gasteiger partial charge in [0.2, 0.25) is 11.8 Å². The van der Waals surface area contributed by atoms with Crippen LogP contribution in [0.4, 0.5) is 11.5 Å². The van der Waals surface area contributed by atoms with E-state index in [1.807, 2.05) is 30.3 Å². The Bertz CT molecular complexity index is 967. The minimum absolute atomic E-state index is 0.0301. The number of carbonyl (C=O) groups excluding carboxylic acids is 2. The van der Waals surface area contributed by atoms with Crippen LogP contribution in [0.3, 0.4) is 0 Å². The molecule has 6 nitrogen and oxygen atoms in total. The fourth-order valence-electron chi connectivity index (χ4n) is 2.89. The Balaban J connectivity index is 1.64. The molecule has 0 saturated heterocycles. The summed E-state index contributed by atoms with van der Waals surface area (Å²) in [6.45, 7) is 0. The van der Waals surface area contributed by atoms with Crippen LogP contribution in [-0.4, -0.2) is 21.6 Å². The maximum absolute atomic E-state index is 12.7. The third-order valence-electron chi connectivity index (χ3n) is 4.16. The largest absolute Gasteiger partial charge is 0.324 e. The summed E-state index contributed by atoms with van der Waals surface area (Å²) in [5, 5.41) is 10.7. The molecule has 3 aromatic rings. The van der Waals surface area contributed by atoms with Crippen LogP contribution in [0.1, 0.15) is 12.5 Å². The van der Waals surface area contributed by atoms with Crippen molar-refractivity contribution >= 4 is 34.9 Å². The number of anilines is 2. The summed E-state index contributed by atoms with van der Waals surface area (Å²) in [5.41, 5.74) is 2.23. The first-order chi connectivity index (χ1) is 12.6. The minimum atomic E-state index is -0.716. The van der Waals surface area contributed by atoms with Crippen molar-refractivity contribution in [2.24, 2.45) is 0 Å². The van der Waals surface area contributed by atoms with E-state index in [9.17, 15) is 9.59 Å². The van der Waals surface area contributed by atoms with Crippen LogP contribution >= 0.6 is 11.6 Å². The van der Waals surface area contributed by atoms with Crippen LogP contribution in [0, 0.1) is 0 Å². The van der Waals surface area contributed by atoms with Gasteiger partial charge in [-0.1, -0.05) is 41.9 Å². The third-order valence-corrected chi connectivity index (χ3v) is 4.41. The molecule has 2 aromatic carbocycles. The Labute approximate surface area is 154 Å². The van der Waals surface area contributed by atoms with Crippen molar-refractivity contribution in [3.05, 3.63) is 65.7 Å². The molecule has 1 aromatic heterocycles. The molecule has 0 fully saturated rings. The highest BCUT2D eigenvalue weighted by atomic mass is 35.5. The molecular formula is C19H15ClN4O2. The maximum Gasteiger partial charge on any atom is 0.249 e. The molecule has 2 N–H and O–H groups in total. The second-order valence-electron chi connectivity index (χ2n) is 5.99. The zero-order valence-electron chi connectivity index (χ0n) is 13.6. The highest BCUT2D eigenvalue weighted by Gasteiger charge is 2.32. The molecule has 130 valence electrons. The molecule has 0 radical (unpaired) electrons. The fourth-order valence-corrected chi connectivity index (χ4v) is 3.02. The number of hydrogen-bond donors (Lipinski definition) is 2. The molecule has 1 aliphatic heterocycles. The molecule has 7 heteroatoms. The van der Waals surface area contributed by atoms with Crippen LogP contribution in [0.5, 0.6) is 0 Å². The molecule has 0 aliphatic carbocycles. The Morgan fingerprint density at radius 2 is 1.88 bits per heavy atom. The van der Waals surface area contributed by atoms with E-state index in [1.54, 1.807) is 35.0 Å². The number of carbonyl (C=O) groups is 2. The summed E-state index contributed by atoms with van der Waals surface area (Å²) in [7, 11) is 0. The maximum atomic E-state index is 12.7. The van der Waals surface area contributed by atoms with Gasteiger partial charge in [0.05, 0.1) is 12.1 Å². The first-order valence-electron chi connectivity index (χ1n) is 8.11. The molecule has 4 rings (SSSR count). The van der Waals surface area contributed by atoms with Gasteiger partial charge < -0.3 is 10.6 Å². The van der Waals surface area contributed by atoms with Gasteiger partial charge in [-0.05, 0) is 24.3 Å². The fraction of sp³-hybridized carbons (Fsp3) is 0.105. The molecule has 0 saturated carbocycles. The highest BCUT2D eigenvalue weighted by molar-refractivity contribution is 6.30. The summed E-state index contributed by atoms with van der Waals surface area (Å²) in [5.74, 6) is -0.00392. The lowest BCUT2D eigenvalue weighted by molar-refractivity contribution is -0.125. The van der Waals surface area contributed by atoms with Gasteiger partial charge in [-0.3, -0.25) is 9.59 Å². The van der Waals surface area contributed by atoms with E-state index in [0.717, 1.165) is 5.56 Å². The van der Waals surface area contributed by atoms with Gasteiger partial charge in [-0.15, -0.1) is 0 Å². The van der Waals surface area contributed by atoms with Crippen molar-refractivity contribution in [2.75, 3.05) is 10.6 Å². The van der Waals surface area contributed by atoms with E-state index in [-0.39, 0.29) is 18.2 Å². The molecule has 0 spiro atoms. The van der Waals surface area contributed by atoms with E-state index < -0.39 is 6.04 Å². The van der Waals surface area contributed by atoms with Gasteiger partial charge in [0, 0.05) is 22.3 Å². The quantitative estimate of drug-likeness (QED) is 0.741. The molecule has 26 heavy (non-hydrogen) atoms. The van der Waals surface area contributed by atoms with Gasteiger partial charge in [-0.2, -0.15) is 5.10 Å². The molecule has 2 amide bonds. The van der Waals surface area contributed by atoms with Gasteiger partial charge in [0.15, 0.2) is 0 Å². The predicted molar refractivity (Wildman–Crippen MR) is 100 cm³/mol. The Hall–Kier alpha value is -3.12. The number of halogens is 1. The second kappa shape index (κ2) is 6.65. The Morgan fingerprint density at radius 1 is 1.15 bits per heavy atom. The number of fused-ring (bicyclic) bond motifs is 1. The van der Waals surface area contributed by atoms with Crippen molar-refractivity contribution in [1.29, 1.82) is 0 Å². The minimum Gasteiger partial charge on any atom is -0.324 e. The van der Waals surface area contributed by atoms with Crippen LogP contribution in [0.25, 0.3) is 11.3 Å². The van der Waals surface area contributed by atoms with Crippen molar-refractivity contribution in [3.63, 3.8) is 0 Å². The lowest BCUT2D eigenvalue weighted by Gasteiger charge is -2.23. The molecule has 2 heterocycles. The number of rotatable bonds is 3. The summed E-state index contributed by atoms with van der Waals surface area (Å²) < 4.78 is 1.56. The molecular weight excluding hydrogens is 352 g/mol. The van der Waals surface area contributed by atoms with Crippen molar-refractivity contribution in [1.82, 2.24) is 9.78 Å². The normalized spacial score (nSPS) is 15.9. The third kappa shape index (κ3) is 3.19. The predicted octanol–water partition coefficient (Wildman–Crippen LogP) is 3.73. The average Bonchev–Trinajstić information content (AvgIpc) is 3.07. The van der Waals surface area contributed by atoms with Crippen LogP contribution in [0.2, 0.25) is 5.02 Å². The SMILES string of the molecule is O=C1C[C@H](C(=O)Nc2ccc(Cl)cc2)n2nc(-c3ccccc3)cc2N1.